The molecule has 1 aromatic carbocycles. The normalized spacial score (nSPS) is 33.1. The number of benzene rings is 1. The maximum atomic E-state index is 13.7. The predicted molar refractivity (Wildman–Crippen MR) is 113 cm³/mol. The van der Waals surface area contributed by atoms with E-state index >= 15 is 0 Å². The quantitative estimate of drug-likeness (QED) is 0.692. The Kier molecular flexibility index (Phi) is 4.31. The number of rotatable bonds is 5. The summed E-state index contributed by atoms with van der Waals surface area (Å²) in [6.45, 7) is 0.731. The SMILES string of the molecule is COc1ccc(C23C[C@H]4C[C@@H](CC(C(=O)N(C)Cc5ccsc5)(C4)C2)C3)cc1. The number of carbonyl (C=O) groups is 1. The lowest BCUT2D eigenvalue weighted by Crippen LogP contribution is -2.59. The van der Waals surface area contributed by atoms with Gasteiger partial charge in [-0.05, 0) is 95.9 Å². The molecule has 1 heterocycles. The third-order valence-corrected chi connectivity index (χ3v) is 8.30. The zero-order valence-corrected chi connectivity index (χ0v) is 17.6. The molecule has 28 heavy (non-hydrogen) atoms. The lowest BCUT2D eigenvalue weighted by Gasteiger charge is -2.62. The first-order valence-electron chi connectivity index (χ1n) is 10.4. The van der Waals surface area contributed by atoms with Gasteiger partial charge < -0.3 is 9.64 Å². The number of methoxy groups -OCH3 is 1. The monoisotopic (exact) mass is 395 g/mol. The molecule has 4 saturated carbocycles. The molecule has 1 amide bonds. The van der Waals surface area contributed by atoms with Crippen LogP contribution in [0, 0.1) is 17.3 Å². The Morgan fingerprint density at radius 3 is 2.46 bits per heavy atom. The summed E-state index contributed by atoms with van der Waals surface area (Å²) in [4.78, 5) is 15.7. The lowest BCUT2D eigenvalue weighted by molar-refractivity contribution is -0.159. The summed E-state index contributed by atoms with van der Waals surface area (Å²) in [5.74, 6) is 2.68. The molecule has 6 rings (SSSR count). The molecule has 0 radical (unpaired) electrons. The number of hydrogen-bond acceptors (Lipinski definition) is 3. The van der Waals surface area contributed by atoms with Crippen LogP contribution in [0.1, 0.15) is 49.7 Å². The zero-order chi connectivity index (χ0) is 19.4. The molecule has 2 aromatic rings. The predicted octanol–water partition coefficient (Wildman–Crippen LogP) is 5.25. The van der Waals surface area contributed by atoms with E-state index in [1.165, 1.54) is 30.4 Å². The van der Waals surface area contributed by atoms with E-state index in [4.69, 9.17) is 4.74 Å². The lowest BCUT2D eigenvalue weighted by atomic mass is 9.42. The second-order valence-electron chi connectivity index (χ2n) is 9.54. The summed E-state index contributed by atoms with van der Waals surface area (Å²) >= 11 is 1.70. The molecule has 1 aromatic heterocycles. The van der Waals surface area contributed by atoms with Crippen LogP contribution in [-0.2, 0) is 16.8 Å². The van der Waals surface area contributed by atoms with E-state index in [0.29, 0.717) is 17.7 Å². The molecular weight excluding hydrogens is 366 g/mol. The molecule has 4 fully saturated rings. The molecule has 0 unspecified atom stereocenters. The Hall–Kier alpha value is -1.81. The summed E-state index contributed by atoms with van der Waals surface area (Å²) in [5.41, 5.74) is 2.68. The van der Waals surface area contributed by atoms with E-state index in [0.717, 1.165) is 31.6 Å². The van der Waals surface area contributed by atoms with E-state index in [1.54, 1.807) is 18.4 Å². The molecule has 2 atom stereocenters. The van der Waals surface area contributed by atoms with Crippen LogP contribution >= 0.6 is 11.3 Å². The smallest absolute Gasteiger partial charge is 0.228 e. The Balaban J connectivity index is 1.44. The minimum atomic E-state index is -0.158. The van der Waals surface area contributed by atoms with Gasteiger partial charge in [-0.3, -0.25) is 4.79 Å². The van der Waals surface area contributed by atoms with Gasteiger partial charge in [0.2, 0.25) is 5.91 Å². The maximum Gasteiger partial charge on any atom is 0.228 e. The first-order valence-corrected chi connectivity index (χ1v) is 11.4. The van der Waals surface area contributed by atoms with Crippen LogP contribution in [0.25, 0.3) is 0 Å². The second-order valence-corrected chi connectivity index (χ2v) is 10.3. The fraction of sp³-hybridized carbons (Fsp3) is 0.542. The Morgan fingerprint density at radius 1 is 1.14 bits per heavy atom. The molecule has 4 bridgehead atoms. The molecule has 4 heteroatoms. The molecule has 3 nitrogen and oxygen atoms in total. The van der Waals surface area contributed by atoms with Crippen LogP contribution < -0.4 is 4.74 Å². The standard InChI is InChI=1S/C24H29NO2S/c1-25(14-17-7-8-28-15-17)22(26)24-12-18-9-19(13-24)11-23(10-18,16-24)20-3-5-21(27-2)6-4-20/h3-8,15,18-19H,9-14,16H2,1-2H3/t18-,19-,23?,24?/m1/s1. The van der Waals surface area contributed by atoms with Gasteiger partial charge in [-0.2, -0.15) is 11.3 Å². The highest BCUT2D eigenvalue weighted by Gasteiger charge is 2.61. The third-order valence-electron chi connectivity index (χ3n) is 7.56. The Bertz CT molecular complexity index is 843. The van der Waals surface area contributed by atoms with Crippen LogP contribution in [0.3, 0.4) is 0 Å². The molecule has 0 N–H and O–H groups in total. The van der Waals surface area contributed by atoms with Gasteiger partial charge in [-0.1, -0.05) is 12.1 Å². The largest absolute Gasteiger partial charge is 0.497 e. The van der Waals surface area contributed by atoms with Crippen molar-refractivity contribution >= 4 is 17.2 Å². The van der Waals surface area contributed by atoms with Crippen LogP contribution in [0.15, 0.2) is 41.1 Å². The number of nitrogens with zero attached hydrogens (tertiary/aromatic N) is 1. The minimum absolute atomic E-state index is 0.158. The van der Waals surface area contributed by atoms with E-state index < -0.39 is 0 Å². The van der Waals surface area contributed by atoms with E-state index in [2.05, 4.69) is 41.1 Å². The summed E-state index contributed by atoms with van der Waals surface area (Å²) in [5, 5.41) is 4.25. The number of amides is 1. The topological polar surface area (TPSA) is 29.5 Å². The molecule has 0 saturated heterocycles. The highest BCUT2D eigenvalue weighted by atomic mass is 32.1. The molecular formula is C24H29NO2S. The average molecular weight is 396 g/mol. The van der Waals surface area contributed by atoms with Crippen molar-refractivity contribution in [1.82, 2.24) is 4.90 Å². The highest BCUT2D eigenvalue weighted by Crippen LogP contribution is 2.66. The van der Waals surface area contributed by atoms with Gasteiger partial charge in [0, 0.05) is 13.6 Å². The van der Waals surface area contributed by atoms with Gasteiger partial charge in [0.1, 0.15) is 5.75 Å². The fourth-order valence-electron chi connectivity index (χ4n) is 6.93. The third kappa shape index (κ3) is 2.88. The van der Waals surface area contributed by atoms with Gasteiger partial charge >= 0.3 is 0 Å². The van der Waals surface area contributed by atoms with E-state index in [9.17, 15) is 4.79 Å². The van der Waals surface area contributed by atoms with Crippen LogP contribution in [-0.4, -0.2) is 25.0 Å². The van der Waals surface area contributed by atoms with Crippen molar-refractivity contribution in [3.8, 4) is 5.75 Å². The summed E-state index contributed by atoms with van der Waals surface area (Å²) in [6, 6.07) is 10.8. The van der Waals surface area contributed by atoms with Crippen molar-refractivity contribution in [3.05, 3.63) is 52.2 Å². The van der Waals surface area contributed by atoms with Crippen molar-refractivity contribution in [2.75, 3.05) is 14.2 Å². The minimum Gasteiger partial charge on any atom is -0.497 e. The van der Waals surface area contributed by atoms with Crippen molar-refractivity contribution in [2.24, 2.45) is 17.3 Å². The zero-order valence-electron chi connectivity index (χ0n) is 16.8. The summed E-state index contributed by atoms with van der Waals surface area (Å²) in [6.07, 6.45) is 7.02. The van der Waals surface area contributed by atoms with Gasteiger partial charge in [0.25, 0.3) is 0 Å². The van der Waals surface area contributed by atoms with Crippen LogP contribution in [0.4, 0.5) is 0 Å². The molecule has 0 aliphatic heterocycles. The summed E-state index contributed by atoms with van der Waals surface area (Å²) in [7, 11) is 3.72. The highest BCUT2D eigenvalue weighted by molar-refractivity contribution is 7.07. The first-order chi connectivity index (χ1) is 13.5. The first kappa shape index (κ1) is 18.2. The Morgan fingerprint density at radius 2 is 1.86 bits per heavy atom. The van der Waals surface area contributed by atoms with Gasteiger partial charge in [-0.25, -0.2) is 0 Å². The maximum absolute atomic E-state index is 13.7. The van der Waals surface area contributed by atoms with Crippen molar-refractivity contribution in [3.63, 3.8) is 0 Å². The second kappa shape index (κ2) is 6.62. The Labute approximate surface area is 171 Å². The summed E-state index contributed by atoms with van der Waals surface area (Å²) < 4.78 is 5.37. The van der Waals surface area contributed by atoms with Crippen LogP contribution in [0.5, 0.6) is 5.75 Å². The van der Waals surface area contributed by atoms with Crippen molar-refractivity contribution in [1.29, 1.82) is 0 Å². The number of hydrogen-bond donors (Lipinski definition) is 0. The van der Waals surface area contributed by atoms with E-state index in [1.807, 2.05) is 11.9 Å². The fourth-order valence-corrected chi connectivity index (χ4v) is 7.59. The van der Waals surface area contributed by atoms with Gasteiger partial charge in [0.15, 0.2) is 0 Å². The van der Waals surface area contributed by atoms with Crippen molar-refractivity contribution < 1.29 is 9.53 Å². The molecule has 0 spiro atoms. The van der Waals surface area contributed by atoms with Gasteiger partial charge in [-0.15, -0.1) is 0 Å². The number of thiophene rings is 1. The molecule has 4 aliphatic carbocycles. The van der Waals surface area contributed by atoms with Crippen LogP contribution in [0.2, 0.25) is 0 Å². The number of ether oxygens (including phenoxy) is 1. The van der Waals surface area contributed by atoms with Gasteiger partial charge in [0.05, 0.1) is 12.5 Å². The molecule has 4 aliphatic rings. The van der Waals surface area contributed by atoms with Crippen molar-refractivity contribution in [2.45, 2.75) is 50.5 Å². The van der Waals surface area contributed by atoms with E-state index in [-0.39, 0.29) is 10.8 Å². The number of carbonyl (C=O) groups excluding carboxylic acids is 1. The average Bonchev–Trinajstić information content (AvgIpc) is 3.19. The molecule has 148 valence electrons.